The average molecular weight is 333 g/mol. The van der Waals surface area contributed by atoms with Crippen LogP contribution in [0.5, 0.6) is 5.75 Å². The fraction of sp³-hybridized carbons (Fsp3) is 0.625. The van der Waals surface area contributed by atoms with Gasteiger partial charge in [0.1, 0.15) is 11.6 Å². The Morgan fingerprint density at radius 1 is 1.35 bits per heavy atom. The highest BCUT2D eigenvalue weighted by Gasteiger charge is 2.32. The second kappa shape index (κ2) is 7.99. The van der Waals surface area contributed by atoms with Gasteiger partial charge in [-0.2, -0.15) is 8.78 Å². The minimum atomic E-state index is -3.01. The predicted molar refractivity (Wildman–Crippen MR) is 79.0 cm³/mol. The molecular weight excluding hydrogens is 311 g/mol. The number of ether oxygens (including phenoxy) is 2. The van der Waals surface area contributed by atoms with Crippen LogP contribution < -0.4 is 10.1 Å². The Kier molecular flexibility index (Phi) is 6.26. The Morgan fingerprint density at radius 3 is 2.65 bits per heavy atom. The molecule has 0 amide bonds. The lowest BCUT2D eigenvalue weighted by Gasteiger charge is -2.36. The molecule has 0 bridgehead atoms. The summed E-state index contributed by atoms with van der Waals surface area (Å²) in [5, 5.41) is 12.9. The van der Waals surface area contributed by atoms with Gasteiger partial charge in [0.25, 0.3) is 0 Å². The first-order valence-electron chi connectivity index (χ1n) is 7.62. The highest BCUT2D eigenvalue weighted by Crippen LogP contribution is 2.32. The lowest BCUT2D eigenvalue weighted by atomic mass is 9.80. The fourth-order valence-corrected chi connectivity index (χ4v) is 2.74. The lowest BCUT2D eigenvalue weighted by Crippen LogP contribution is -2.42. The molecule has 0 radical (unpaired) electrons. The Labute approximate surface area is 133 Å². The normalized spacial score (nSPS) is 18.9. The van der Waals surface area contributed by atoms with Crippen LogP contribution in [-0.2, 0) is 4.74 Å². The van der Waals surface area contributed by atoms with Crippen molar-refractivity contribution >= 4 is 0 Å². The first-order valence-corrected chi connectivity index (χ1v) is 7.62. The molecule has 1 atom stereocenters. The third-order valence-corrected chi connectivity index (χ3v) is 4.33. The summed E-state index contributed by atoms with van der Waals surface area (Å²) in [6.07, 6.45) is 1.46. The van der Waals surface area contributed by atoms with Crippen molar-refractivity contribution in [1.82, 2.24) is 5.32 Å². The maximum atomic E-state index is 13.3. The van der Waals surface area contributed by atoms with Crippen molar-refractivity contribution in [2.45, 2.75) is 32.4 Å². The summed E-state index contributed by atoms with van der Waals surface area (Å²) in [7, 11) is 0. The quantitative estimate of drug-likeness (QED) is 0.806. The monoisotopic (exact) mass is 333 g/mol. The molecule has 2 rings (SSSR count). The first-order chi connectivity index (χ1) is 11.0. The van der Waals surface area contributed by atoms with Gasteiger partial charge in [0, 0.05) is 42.8 Å². The maximum absolute atomic E-state index is 13.3. The summed E-state index contributed by atoms with van der Waals surface area (Å²) in [4.78, 5) is 0. The van der Waals surface area contributed by atoms with E-state index in [2.05, 4.69) is 10.1 Å². The van der Waals surface area contributed by atoms with E-state index in [4.69, 9.17) is 4.74 Å². The van der Waals surface area contributed by atoms with Crippen molar-refractivity contribution in [2.75, 3.05) is 26.4 Å². The smallest absolute Gasteiger partial charge is 0.387 e. The molecule has 0 saturated carbocycles. The summed E-state index contributed by atoms with van der Waals surface area (Å²) in [5.74, 6) is -0.808. The lowest BCUT2D eigenvalue weighted by molar-refractivity contribution is -0.0509. The summed E-state index contributed by atoms with van der Waals surface area (Å²) >= 11 is 0. The van der Waals surface area contributed by atoms with Crippen molar-refractivity contribution in [1.29, 1.82) is 0 Å². The summed E-state index contributed by atoms with van der Waals surface area (Å²) in [6, 6.07) is 3.27. The van der Waals surface area contributed by atoms with Crippen LogP contribution >= 0.6 is 0 Å². The van der Waals surface area contributed by atoms with Crippen LogP contribution in [0.3, 0.4) is 0 Å². The van der Waals surface area contributed by atoms with Crippen molar-refractivity contribution in [3.05, 3.63) is 29.6 Å². The fourth-order valence-electron chi connectivity index (χ4n) is 2.74. The Balaban J connectivity index is 2.06. The van der Waals surface area contributed by atoms with Crippen molar-refractivity contribution in [3.63, 3.8) is 0 Å². The summed E-state index contributed by atoms with van der Waals surface area (Å²) < 4.78 is 47.9. The molecule has 1 saturated heterocycles. The number of benzene rings is 1. The molecule has 1 fully saturated rings. The number of nitrogens with one attached hydrogen (secondary N) is 1. The Bertz CT molecular complexity index is 507. The van der Waals surface area contributed by atoms with Crippen LogP contribution in [-0.4, -0.2) is 38.1 Å². The molecule has 7 heteroatoms. The molecule has 2 N–H and O–H groups in total. The molecular formula is C16H22F3NO3. The van der Waals surface area contributed by atoms with Crippen molar-refractivity contribution in [3.8, 4) is 5.75 Å². The van der Waals surface area contributed by atoms with E-state index in [1.165, 1.54) is 12.1 Å². The highest BCUT2D eigenvalue weighted by atomic mass is 19.3. The zero-order valence-corrected chi connectivity index (χ0v) is 13.0. The molecule has 0 spiro atoms. The third kappa shape index (κ3) is 4.83. The number of hydrogen-bond acceptors (Lipinski definition) is 4. The van der Waals surface area contributed by atoms with Gasteiger partial charge in [-0.05, 0) is 25.8 Å². The van der Waals surface area contributed by atoms with Gasteiger partial charge in [0.2, 0.25) is 0 Å². The van der Waals surface area contributed by atoms with Gasteiger partial charge in [-0.1, -0.05) is 6.07 Å². The van der Waals surface area contributed by atoms with E-state index >= 15 is 0 Å². The zero-order valence-electron chi connectivity index (χ0n) is 13.0. The number of alkyl halides is 2. The second-order valence-corrected chi connectivity index (χ2v) is 5.93. The van der Waals surface area contributed by atoms with Gasteiger partial charge in [-0.15, -0.1) is 0 Å². The molecule has 1 aliphatic rings. The van der Waals surface area contributed by atoms with Gasteiger partial charge in [0.05, 0.1) is 6.61 Å². The van der Waals surface area contributed by atoms with Gasteiger partial charge in [0.15, 0.2) is 0 Å². The molecule has 1 aromatic rings. The number of rotatable bonds is 7. The molecule has 0 aliphatic carbocycles. The van der Waals surface area contributed by atoms with Crippen LogP contribution in [0, 0.1) is 11.2 Å². The van der Waals surface area contributed by atoms with Gasteiger partial charge < -0.3 is 19.9 Å². The molecule has 1 heterocycles. The van der Waals surface area contributed by atoms with E-state index < -0.39 is 12.4 Å². The average Bonchev–Trinajstić information content (AvgIpc) is 2.53. The van der Waals surface area contributed by atoms with E-state index in [1.54, 1.807) is 6.92 Å². The minimum Gasteiger partial charge on any atom is -0.434 e. The second-order valence-electron chi connectivity index (χ2n) is 5.93. The Morgan fingerprint density at radius 2 is 2.04 bits per heavy atom. The molecule has 1 aliphatic heterocycles. The van der Waals surface area contributed by atoms with Crippen LogP contribution in [0.4, 0.5) is 13.2 Å². The maximum Gasteiger partial charge on any atom is 0.387 e. The highest BCUT2D eigenvalue weighted by molar-refractivity contribution is 5.36. The SMILES string of the molecule is CC(NCC1(CO)CCOCC1)c1ccc(F)cc1OC(F)F. The van der Waals surface area contributed by atoms with Crippen molar-refractivity contribution < 1.29 is 27.8 Å². The first kappa shape index (κ1) is 18.0. The Hall–Kier alpha value is -1.31. The molecule has 1 unspecified atom stereocenters. The van der Waals surface area contributed by atoms with Crippen molar-refractivity contribution in [2.24, 2.45) is 5.41 Å². The van der Waals surface area contributed by atoms with Gasteiger partial charge >= 0.3 is 6.61 Å². The van der Waals surface area contributed by atoms with Crippen LogP contribution in [0.25, 0.3) is 0 Å². The van der Waals surface area contributed by atoms with Crippen LogP contribution in [0.15, 0.2) is 18.2 Å². The predicted octanol–water partition coefficient (Wildman–Crippen LogP) is 2.87. The van der Waals surface area contributed by atoms with Gasteiger partial charge in [-0.25, -0.2) is 4.39 Å². The van der Waals surface area contributed by atoms with E-state index in [1.807, 2.05) is 0 Å². The molecule has 130 valence electrons. The van der Waals surface area contributed by atoms with E-state index in [0.29, 0.717) is 25.3 Å². The van der Waals surface area contributed by atoms with Gasteiger partial charge in [-0.3, -0.25) is 0 Å². The zero-order chi connectivity index (χ0) is 16.9. The molecule has 4 nitrogen and oxygen atoms in total. The molecule has 0 aromatic heterocycles. The number of halogens is 3. The number of aliphatic hydroxyl groups excluding tert-OH is 1. The topological polar surface area (TPSA) is 50.7 Å². The largest absolute Gasteiger partial charge is 0.434 e. The van der Waals surface area contributed by atoms with E-state index in [-0.39, 0.29) is 23.8 Å². The summed E-state index contributed by atoms with van der Waals surface area (Å²) in [5.41, 5.74) is 0.169. The van der Waals surface area contributed by atoms with Crippen LogP contribution in [0.2, 0.25) is 0 Å². The van der Waals surface area contributed by atoms with E-state index in [9.17, 15) is 18.3 Å². The third-order valence-electron chi connectivity index (χ3n) is 4.33. The number of aliphatic hydroxyl groups is 1. The number of hydrogen-bond donors (Lipinski definition) is 2. The molecule has 23 heavy (non-hydrogen) atoms. The minimum absolute atomic E-state index is 0.0277. The van der Waals surface area contributed by atoms with E-state index in [0.717, 1.165) is 18.9 Å². The molecule has 1 aromatic carbocycles. The summed E-state index contributed by atoms with van der Waals surface area (Å²) in [6.45, 7) is 0.497. The standard InChI is InChI=1S/C16H22F3NO3/c1-11(20-9-16(10-21)4-6-22-7-5-16)13-3-2-12(17)8-14(13)23-15(18)19/h2-3,8,11,15,20-21H,4-7,9-10H2,1H3. The van der Waals surface area contributed by atoms with Crippen LogP contribution in [0.1, 0.15) is 31.4 Å².